The van der Waals surface area contributed by atoms with E-state index in [9.17, 15) is 4.79 Å². The molecule has 0 aromatic carbocycles. The van der Waals surface area contributed by atoms with Gasteiger partial charge in [-0.1, -0.05) is 33.1 Å². The van der Waals surface area contributed by atoms with E-state index in [4.69, 9.17) is 18.0 Å². The Bertz CT molecular complexity index is 275. The number of primary amides is 1. The van der Waals surface area contributed by atoms with Crippen molar-refractivity contribution in [1.82, 2.24) is 10.6 Å². The standard InChI is InChI=1S/C12H23N3OS/c1-8(2)10(11(13)16)15-12(17)14-9-6-4-3-5-7-9/h8-10H,3-7H2,1-2H3,(H2,13,16)(H2,14,15,17). The van der Waals surface area contributed by atoms with E-state index in [0.717, 1.165) is 12.8 Å². The van der Waals surface area contributed by atoms with Gasteiger partial charge in [-0.05, 0) is 31.0 Å². The Kier molecular flexibility index (Phi) is 5.68. The Morgan fingerprint density at radius 1 is 1.29 bits per heavy atom. The van der Waals surface area contributed by atoms with Gasteiger partial charge in [-0.15, -0.1) is 0 Å². The molecule has 1 atom stereocenters. The van der Waals surface area contributed by atoms with Gasteiger partial charge in [0.15, 0.2) is 5.11 Å². The van der Waals surface area contributed by atoms with Crippen LogP contribution in [0.1, 0.15) is 46.0 Å². The number of carbonyl (C=O) groups excluding carboxylic acids is 1. The summed E-state index contributed by atoms with van der Waals surface area (Å²) in [5.74, 6) is -0.216. The molecule has 17 heavy (non-hydrogen) atoms. The highest BCUT2D eigenvalue weighted by atomic mass is 32.1. The minimum atomic E-state index is -0.390. The molecule has 0 radical (unpaired) electrons. The fourth-order valence-corrected chi connectivity index (χ4v) is 2.48. The second-order valence-electron chi connectivity index (χ2n) is 5.08. The van der Waals surface area contributed by atoms with E-state index in [2.05, 4.69) is 10.6 Å². The lowest BCUT2D eigenvalue weighted by molar-refractivity contribution is -0.120. The maximum atomic E-state index is 11.2. The normalized spacial score (nSPS) is 18.8. The summed E-state index contributed by atoms with van der Waals surface area (Å²) in [4.78, 5) is 11.2. The van der Waals surface area contributed by atoms with E-state index in [1.807, 2.05) is 13.8 Å². The van der Waals surface area contributed by atoms with Crippen LogP contribution >= 0.6 is 12.2 Å². The van der Waals surface area contributed by atoms with E-state index in [-0.39, 0.29) is 11.8 Å². The first-order chi connectivity index (χ1) is 8.00. The van der Waals surface area contributed by atoms with Crippen LogP contribution in [0, 0.1) is 5.92 Å². The summed E-state index contributed by atoms with van der Waals surface area (Å²) >= 11 is 5.22. The number of nitrogens with two attached hydrogens (primary N) is 1. The molecule has 0 saturated heterocycles. The lowest BCUT2D eigenvalue weighted by Gasteiger charge is -2.27. The van der Waals surface area contributed by atoms with Crippen LogP contribution in [0.2, 0.25) is 0 Å². The molecule has 1 amide bonds. The Balaban J connectivity index is 2.38. The molecular weight excluding hydrogens is 234 g/mol. The van der Waals surface area contributed by atoms with Crippen LogP contribution in [-0.4, -0.2) is 23.1 Å². The first kappa shape index (κ1) is 14.2. The summed E-state index contributed by atoms with van der Waals surface area (Å²) in [6.07, 6.45) is 6.14. The van der Waals surface area contributed by atoms with Crippen LogP contribution in [0.5, 0.6) is 0 Å². The highest BCUT2D eigenvalue weighted by Crippen LogP contribution is 2.17. The summed E-state index contributed by atoms with van der Waals surface area (Å²) in [6, 6.07) is 0.0584. The Morgan fingerprint density at radius 3 is 2.35 bits per heavy atom. The fraction of sp³-hybridized carbons (Fsp3) is 0.833. The van der Waals surface area contributed by atoms with Gasteiger partial charge in [0.1, 0.15) is 6.04 Å². The Morgan fingerprint density at radius 2 is 1.88 bits per heavy atom. The zero-order valence-electron chi connectivity index (χ0n) is 10.7. The number of amides is 1. The van der Waals surface area contributed by atoms with Gasteiger partial charge in [0.2, 0.25) is 5.91 Å². The molecule has 1 unspecified atom stereocenters. The van der Waals surface area contributed by atoms with Gasteiger partial charge in [-0.2, -0.15) is 0 Å². The first-order valence-electron chi connectivity index (χ1n) is 6.37. The molecule has 4 N–H and O–H groups in total. The first-order valence-corrected chi connectivity index (χ1v) is 6.78. The second-order valence-corrected chi connectivity index (χ2v) is 5.49. The third-order valence-electron chi connectivity index (χ3n) is 3.20. The van der Waals surface area contributed by atoms with E-state index >= 15 is 0 Å². The van der Waals surface area contributed by atoms with Crippen molar-refractivity contribution in [2.75, 3.05) is 0 Å². The molecule has 1 saturated carbocycles. The predicted octanol–water partition coefficient (Wildman–Crippen LogP) is 1.29. The van der Waals surface area contributed by atoms with Crippen molar-refractivity contribution in [3.05, 3.63) is 0 Å². The van der Waals surface area contributed by atoms with Crippen molar-refractivity contribution >= 4 is 23.2 Å². The van der Waals surface area contributed by atoms with Gasteiger partial charge in [-0.3, -0.25) is 4.79 Å². The molecule has 4 nitrogen and oxygen atoms in total. The zero-order chi connectivity index (χ0) is 12.8. The van der Waals surface area contributed by atoms with Gasteiger partial charge in [-0.25, -0.2) is 0 Å². The van der Waals surface area contributed by atoms with Crippen LogP contribution in [0.25, 0.3) is 0 Å². The van der Waals surface area contributed by atoms with Gasteiger partial charge in [0, 0.05) is 6.04 Å². The smallest absolute Gasteiger partial charge is 0.240 e. The van der Waals surface area contributed by atoms with Crippen LogP contribution in [0.4, 0.5) is 0 Å². The highest BCUT2D eigenvalue weighted by molar-refractivity contribution is 7.80. The lowest BCUT2D eigenvalue weighted by Crippen LogP contribution is -2.53. The molecular formula is C12H23N3OS. The molecule has 5 heteroatoms. The molecule has 0 spiro atoms. The number of hydrogen-bond donors (Lipinski definition) is 3. The lowest BCUT2D eigenvalue weighted by atomic mass is 9.96. The quantitative estimate of drug-likeness (QED) is 0.664. The van der Waals surface area contributed by atoms with Crippen molar-refractivity contribution in [3.63, 3.8) is 0 Å². The van der Waals surface area contributed by atoms with Crippen LogP contribution in [-0.2, 0) is 4.79 Å². The summed E-state index contributed by atoms with van der Waals surface area (Å²) in [6.45, 7) is 3.90. The van der Waals surface area contributed by atoms with Crippen LogP contribution < -0.4 is 16.4 Å². The van der Waals surface area contributed by atoms with E-state index in [1.54, 1.807) is 0 Å². The van der Waals surface area contributed by atoms with Crippen molar-refractivity contribution < 1.29 is 4.79 Å². The van der Waals surface area contributed by atoms with Gasteiger partial charge in [0.05, 0.1) is 0 Å². The summed E-state index contributed by atoms with van der Waals surface area (Å²) in [5, 5.41) is 6.83. The number of nitrogens with one attached hydrogen (secondary N) is 2. The maximum absolute atomic E-state index is 11.2. The largest absolute Gasteiger partial charge is 0.368 e. The average Bonchev–Trinajstić information content (AvgIpc) is 2.26. The topological polar surface area (TPSA) is 67.2 Å². The molecule has 0 bridgehead atoms. The van der Waals surface area contributed by atoms with Crippen molar-refractivity contribution in [2.45, 2.75) is 58.0 Å². The Labute approximate surface area is 109 Å². The van der Waals surface area contributed by atoms with Gasteiger partial charge >= 0.3 is 0 Å². The third kappa shape index (κ3) is 4.89. The highest BCUT2D eigenvalue weighted by Gasteiger charge is 2.21. The van der Waals surface area contributed by atoms with E-state index in [1.165, 1.54) is 19.3 Å². The minimum absolute atomic E-state index is 0.138. The third-order valence-corrected chi connectivity index (χ3v) is 3.44. The fourth-order valence-electron chi connectivity index (χ4n) is 2.18. The van der Waals surface area contributed by atoms with Crippen molar-refractivity contribution in [3.8, 4) is 0 Å². The number of rotatable bonds is 4. The molecule has 0 aromatic rings. The average molecular weight is 257 g/mol. The van der Waals surface area contributed by atoms with E-state index < -0.39 is 6.04 Å². The summed E-state index contributed by atoms with van der Waals surface area (Å²) < 4.78 is 0. The minimum Gasteiger partial charge on any atom is -0.368 e. The summed E-state index contributed by atoms with van der Waals surface area (Å²) in [5.41, 5.74) is 5.33. The molecule has 0 aliphatic heterocycles. The molecule has 0 aromatic heterocycles. The van der Waals surface area contributed by atoms with Crippen LogP contribution in [0.15, 0.2) is 0 Å². The Hall–Kier alpha value is -0.840. The summed E-state index contributed by atoms with van der Waals surface area (Å²) in [7, 11) is 0. The molecule has 1 aliphatic carbocycles. The second kappa shape index (κ2) is 6.79. The molecule has 1 aliphatic rings. The van der Waals surface area contributed by atoms with Gasteiger partial charge < -0.3 is 16.4 Å². The van der Waals surface area contributed by atoms with Crippen molar-refractivity contribution in [2.24, 2.45) is 11.7 Å². The zero-order valence-corrected chi connectivity index (χ0v) is 11.5. The van der Waals surface area contributed by atoms with Gasteiger partial charge in [0.25, 0.3) is 0 Å². The molecule has 1 fully saturated rings. The van der Waals surface area contributed by atoms with E-state index in [0.29, 0.717) is 11.2 Å². The number of hydrogen-bond acceptors (Lipinski definition) is 2. The van der Waals surface area contributed by atoms with Crippen LogP contribution in [0.3, 0.4) is 0 Å². The van der Waals surface area contributed by atoms with Crippen molar-refractivity contribution in [1.29, 1.82) is 0 Å². The molecule has 0 heterocycles. The number of carbonyl (C=O) groups is 1. The predicted molar refractivity (Wildman–Crippen MR) is 73.6 cm³/mol. The molecule has 1 rings (SSSR count). The monoisotopic (exact) mass is 257 g/mol. The maximum Gasteiger partial charge on any atom is 0.240 e. The molecule has 98 valence electrons. The SMILES string of the molecule is CC(C)C(NC(=S)NC1CCCCC1)C(N)=O. The number of thiocarbonyl (C=S) groups is 1.